The topological polar surface area (TPSA) is 87.5 Å². The molecule has 1 atom stereocenters. The van der Waals surface area contributed by atoms with Gasteiger partial charge in [0.15, 0.2) is 17.0 Å². The number of para-hydroxylation sites is 1. The molecule has 0 bridgehead atoms. The first-order valence-corrected chi connectivity index (χ1v) is 11.5. The third kappa shape index (κ3) is 3.57. The lowest BCUT2D eigenvalue weighted by Gasteiger charge is -2.36. The molecule has 2 saturated heterocycles. The molecule has 0 spiro atoms. The molecule has 0 aliphatic carbocycles. The smallest absolute Gasteiger partial charge is 0.326 e. The Morgan fingerprint density at radius 1 is 0.941 bits per heavy atom. The molecule has 3 aliphatic rings. The molecule has 0 unspecified atom stereocenters. The summed E-state index contributed by atoms with van der Waals surface area (Å²) >= 11 is 0. The summed E-state index contributed by atoms with van der Waals surface area (Å²) in [5, 5.41) is 3.74. The van der Waals surface area contributed by atoms with E-state index in [0.29, 0.717) is 11.3 Å². The quantitative estimate of drug-likeness (QED) is 0.584. The normalized spacial score (nSPS) is 23.1. The average molecular weight is 463 g/mol. The lowest BCUT2D eigenvalue weighted by atomic mass is 9.99. The zero-order valence-corrected chi connectivity index (χ0v) is 19.0. The van der Waals surface area contributed by atoms with Gasteiger partial charge in [0, 0.05) is 38.1 Å². The van der Waals surface area contributed by atoms with Crippen molar-refractivity contribution in [1.82, 2.24) is 20.0 Å². The number of urea groups is 1. The zero-order chi connectivity index (χ0) is 23.3. The van der Waals surface area contributed by atoms with Crippen LogP contribution < -0.4 is 14.8 Å². The number of piperazine rings is 1. The molecule has 2 aromatic carbocycles. The molecule has 3 amide bonds. The summed E-state index contributed by atoms with van der Waals surface area (Å²) in [5.74, 6) is 1.74. The van der Waals surface area contributed by atoms with E-state index in [1.807, 2.05) is 42.5 Å². The van der Waals surface area contributed by atoms with Crippen molar-refractivity contribution in [2.75, 3.05) is 39.6 Å². The van der Waals surface area contributed by atoms with Crippen LogP contribution in [0.3, 0.4) is 0 Å². The number of carbonyl (C=O) groups excluding carboxylic acids is 2. The van der Waals surface area contributed by atoms with Crippen LogP contribution >= 0.6 is 0 Å². The van der Waals surface area contributed by atoms with Gasteiger partial charge in [0.25, 0.3) is 5.91 Å². The minimum absolute atomic E-state index is 0.262. The minimum atomic E-state index is -1.21. The van der Waals surface area contributed by atoms with E-state index in [1.54, 1.807) is 6.92 Å². The highest BCUT2D eigenvalue weighted by atomic mass is 16.7. The second-order valence-electron chi connectivity index (χ2n) is 9.16. The van der Waals surface area contributed by atoms with Gasteiger partial charge in [-0.1, -0.05) is 24.3 Å². The number of hydrogen-bond donors (Lipinski definition) is 1. The highest BCUT2D eigenvalue weighted by molar-refractivity contribution is 6.07. The molecule has 34 heavy (non-hydrogen) atoms. The summed E-state index contributed by atoms with van der Waals surface area (Å²) in [6, 6.07) is 15.0. The summed E-state index contributed by atoms with van der Waals surface area (Å²) < 4.78 is 16.8. The number of furan rings is 1. The third-order valence-electron chi connectivity index (χ3n) is 6.84. The van der Waals surface area contributed by atoms with Crippen LogP contribution in [0.25, 0.3) is 11.0 Å². The van der Waals surface area contributed by atoms with E-state index in [9.17, 15) is 9.59 Å². The van der Waals surface area contributed by atoms with Crippen LogP contribution in [0.2, 0.25) is 0 Å². The van der Waals surface area contributed by atoms with Gasteiger partial charge in [-0.05, 0) is 36.8 Å². The maximum absolute atomic E-state index is 13.3. The highest BCUT2D eigenvalue weighted by Crippen LogP contribution is 2.34. The number of amides is 3. The first-order valence-electron chi connectivity index (χ1n) is 11.5. The molecule has 176 valence electrons. The molecular formula is C25H26N4O5. The van der Waals surface area contributed by atoms with Crippen LogP contribution in [0.1, 0.15) is 18.2 Å². The predicted molar refractivity (Wildman–Crippen MR) is 123 cm³/mol. The lowest BCUT2D eigenvalue weighted by Crippen LogP contribution is -2.51. The van der Waals surface area contributed by atoms with Gasteiger partial charge >= 0.3 is 6.03 Å². The molecule has 3 aliphatic heterocycles. The number of nitrogens with one attached hydrogen (secondary N) is 1. The van der Waals surface area contributed by atoms with E-state index in [2.05, 4.69) is 21.2 Å². The fourth-order valence-electron chi connectivity index (χ4n) is 4.81. The van der Waals surface area contributed by atoms with E-state index >= 15 is 0 Å². The molecule has 1 N–H and O–H groups in total. The largest absolute Gasteiger partial charge is 0.458 e. The monoisotopic (exact) mass is 462 g/mol. The van der Waals surface area contributed by atoms with Crippen LogP contribution in [-0.2, 0) is 16.9 Å². The first kappa shape index (κ1) is 21.0. The Kier molecular flexibility index (Phi) is 4.96. The second kappa shape index (κ2) is 8.03. The molecule has 0 radical (unpaired) electrons. The Balaban J connectivity index is 1.08. The molecule has 0 saturated carbocycles. The van der Waals surface area contributed by atoms with Gasteiger partial charge in [0.05, 0.1) is 6.67 Å². The van der Waals surface area contributed by atoms with Crippen molar-refractivity contribution in [1.29, 1.82) is 0 Å². The standard InChI is InChI=1S/C25H26N4O5/c1-25(22-13-18-4-2-3-5-19(18)34-22)23(30)29(24(31)26-25)15-28-10-8-27(9-11-28)14-17-6-7-20-21(12-17)33-16-32-20/h2-7,12-13H,8-11,14-16H2,1H3,(H,26,31)/t25-/m1/s1. The number of carbonyl (C=O) groups is 2. The van der Waals surface area contributed by atoms with Crippen molar-refractivity contribution in [2.24, 2.45) is 0 Å². The Morgan fingerprint density at radius 3 is 2.53 bits per heavy atom. The molecule has 9 nitrogen and oxygen atoms in total. The molecular weight excluding hydrogens is 436 g/mol. The van der Waals surface area contributed by atoms with E-state index in [1.165, 1.54) is 10.5 Å². The Morgan fingerprint density at radius 2 is 1.71 bits per heavy atom. The van der Waals surface area contributed by atoms with Crippen molar-refractivity contribution < 1.29 is 23.5 Å². The lowest BCUT2D eigenvalue weighted by molar-refractivity contribution is -0.133. The maximum atomic E-state index is 13.3. The predicted octanol–water partition coefficient (Wildman–Crippen LogP) is 2.70. The van der Waals surface area contributed by atoms with Gasteiger partial charge in [-0.2, -0.15) is 0 Å². The second-order valence-corrected chi connectivity index (χ2v) is 9.16. The molecule has 1 aromatic heterocycles. The molecule has 4 heterocycles. The van der Waals surface area contributed by atoms with Crippen LogP contribution in [0.4, 0.5) is 4.79 Å². The summed E-state index contributed by atoms with van der Waals surface area (Å²) in [6.45, 7) is 6.28. The van der Waals surface area contributed by atoms with E-state index in [-0.39, 0.29) is 19.4 Å². The van der Waals surface area contributed by atoms with E-state index < -0.39 is 11.6 Å². The van der Waals surface area contributed by atoms with Gasteiger partial charge < -0.3 is 19.2 Å². The number of fused-ring (bicyclic) bond motifs is 2. The number of ether oxygens (including phenoxy) is 2. The SMILES string of the molecule is C[C@]1(c2cc3ccccc3o2)NC(=O)N(CN2CCN(Cc3ccc4c(c3)OCO4)CC2)C1=O. The third-order valence-corrected chi connectivity index (χ3v) is 6.84. The molecule has 9 heteroatoms. The zero-order valence-electron chi connectivity index (χ0n) is 19.0. The van der Waals surface area contributed by atoms with Gasteiger partial charge in [-0.15, -0.1) is 0 Å². The molecule has 3 aromatic rings. The van der Waals surface area contributed by atoms with Gasteiger partial charge in [-0.25, -0.2) is 9.69 Å². The summed E-state index contributed by atoms with van der Waals surface area (Å²) in [5.41, 5.74) is 0.656. The van der Waals surface area contributed by atoms with E-state index in [4.69, 9.17) is 13.9 Å². The van der Waals surface area contributed by atoms with Crippen molar-refractivity contribution in [3.8, 4) is 11.5 Å². The fraction of sp³-hybridized carbons (Fsp3) is 0.360. The van der Waals surface area contributed by atoms with Crippen LogP contribution in [-0.4, -0.2) is 66.3 Å². The van der Waals surface area contributed by atoms with Crippen LogP contribution in [0.15, 0.2) is 52.9 Å². The minimum Gasteiger partial charge on any atom is -0.458 e. The number of benzene rings is 2. The van der Waals surface area contributed by atoms with Gasteiger partial charge in [0.2, 0.25) is 6.79 Å². The van der Waals surface area contributed by atoms with Crippen molar-refractivity contribution >= 4 is 22.9 Å². The summed E-state index contributed by atoms with van der Waals surface area (Å²) in [7, 11) is 0. The summed E-state index contributed by atoms with van der Waals surface area (Å²) in [4.78, 5) is 31.9. The average Bonchev–Trinajstić information content (AvgIpc) is 3.54. The number of hydrogen-bond acceptors (Lipinski definition) is 7. The highest BCUT2D eigenvalue weighted by Gasteiger charge is 2.51. The van der Waals surface area contributed by atoms with Gasteiger partial charge in [0.1, 0.15) is 11.3 Å². The van der Waals surface area contributed by atoms with Gasteiger partial charge in [-0.3, -0.25) is 14.6 Å². The van der Waals surface area contributed by atoms with E-state index in [0.717, 1.165) is 49.6 Å². The number of rotatable bonds is 5. The van der Waals surface area contributed by atoms with Crippen LogP contribution in [0.5, 0.6) is 11.5 Å². The van der Waals surface area contributed by atoms with Crippen molar-refractivity contribution in [2.45, 2.75) is 19.0 Å². The maximum Gasteiger partial charge on any atom is 0.326 e. The van der Waals surface area contributed by atoms with Crippen molar-refractivity contribution in [3.63, 3.8) is 0 Å². The number of imide groups is 1. The van der Waals surface area contributed by atoms with Crippen LogP contribution in [0, 0.1) is 0 Å². The summed E-state index contributed by atoms with van der Waals surface area (Å²) in [6.07, 6.45) is 0. The molecule has 6 rings (SSSR count). The molecule has 2 fully saturated rings. The Bertz CT molecular complexity index is 1230. The number of nitrogens with zero attached hydrogens (tertiary/aromatic N) is 3. The van der Waals surface area contributed by atoms with Crippen molar-refractivity contribution in [3.05, 3.63) is 59.9 Å². The Labute approximate surface area is 196 Å². The first-order chi connectivity index (χ1) is 16.5. The fourth-order valence-corrected chi connectivity index (χ4v) is 4.81. The Hall–Kier alpha value is -3.56.